The molecule has 0 saturated heterocycles. The molecule has 0 aliphatic heterocycles. The number of hydrogen-bond acceptors (Lipinski definition) is 4. The number of rotatable bonds is 5. The first-order valence-electron chi connectivity index (χ1n) is 4.76. The SMILES string of the molecule is CN(C)CCNC(=O)c1ccc(C(=O)O)s1. The average molecular weight is 242 g/mol. The third kappa shape index (κ3) is 3.63. The zero-order chi connectivity index (χ0) is 12.1. The van der Waals surface area contributed by atoms with E-state index < -0.39 is 5.97 Å². The van der Waals surface area contributed by atoms with Crippen LogP contribution in [0.3, 0.4) is 0 Å². The zero-order valence-electron chi connectivity index (χ0n) is 9.19. The molecular weight excluding hydrogens is 228 g/mol. The van der Waals surface area contributed by atoms with Crippen molar-refractivity contribution in [2.75, 3.05) is 27.2 Å². The van der Waals surface area contributed by atoms with E-state index in [9.17, 15) is 9.59 Å². The molecule has 1 aromatic heterocycles. The van der Waals surface area contributed by atoms with Crippen LogP contribution in [0.2, 0.25) is 0 Å². The standard InChI is InChI=1S/C10H14N2O3S/c1-12(2)6-5-11-9(13)7-3-4-8(16-7)10(14)15/h3-4H,5-6H2,1-2H3,(H,11,13)(H,14,15). The molecule has 16 heavy (non-hydrogen) atoms. The van der Waals surface area contributed by atoms with Gasteiger partial charge in [-0.3, -0.25) is 4.79 Å². The van der Waals surface area contributed by atoms with Crippen LogP contribution in [-0.2, 0) is 0 Å². The molecule has 2 N–H and O–H groups in total. The molecule has 0 aromatic carbocycles. The first-order valence-corrected chi connectivity index (χ1v) is 5.58. The molecule has 88 valence electrons. The first kappa shape index (κ1) is 12.7. The smallest absolute Gasteiger partial charge is 0.345 e. The summed E-state index contributed by atoms with van der Waals surface area (Å²) in [5.74, 6) is -1.23. The van der Waals surface area contributed by atoms with Crippen molar-refractivity contribution >= 4 is 23.2 Å². The lowest BCUT2D eigenvalue weighted by molar-refractivity contribution is 0.0702. The molecule has 1 heterocycles. The van der Waals surface area contributed by atoms with Crippen LogP contribution < -0.4 is 5.32 Å². The lowest BCUT2D eigenvalue weighted by Gasteiger charge is -2.09. The highest BCUT2D eigenvalue weighted by molar-refractivity contribution is 7.15. The van der Waals surface area contributed by atoms with Gasteiger partial charge < -0.3 is 15.3 Å². The van der Waals surface area contributed by atoms with E-state index >= 15 is 0 Å². The molecule has 1 amide bonds. The van der Waals surface area contributed by atoms with Crippen LogP contribution in [0.15, 0.2) is 12.1 Å². The van der Waals surface area contributed by atoms with Gasteiger partial charge in [0.15, 0.2) is 0 Å². The van der Waals surface area contributed by atoms with Crippen LogP contribution in [0.1, 0.15) is 19.3 Å². The van der Waals surface area contributed by atoms with Gasteiger partial charge in [-0.1, -0.05) is 0 Å². The molecule has 5 nitrogen and oxygen atoms in total. The van der Waals surface area contributed by atoms with Gasteiger partial charge in [0.1, 0.15) is 4.88 Å². The maximum Gasteiger partial charge on any atom is 0.345 e. The second-order valence-corrected chi connectivity index (χ2v) is 4.61. The summed E-state index contributed by atoms with van der Waals surface area (Å²) >= 11 is 0.983. The van der Waals surface area contributed by atoms with Gasteiger partial charge in [-0.25, -0.2) is 4.79 Å². The summed E-state index contributed by atoms with van der Waals surface area (Å²) in [5.41, 5.74) is 0. The molecule has 0 spiro atoms. The van der Waals surface area contributed by atoms with Gasteiger partial charge in [0.05, 0.1) is 4.88 Å². The van der Waals surface area contributed by atoms with Crippen LogP contribution in [0.5, 0.6) is 0 Å². The van der Waals surface area contributed by atoms with E-state index in [2.05, 4.69) is 5.32 Å². The van der Waals surface area contributed by atoms with E-state index in [4.69, 9.17) is 5.11 Å². The Morgan fingerprint density at radius 1 is 1.38 bits per heavy atom. The fraction of sp³-hybridized carbons (Fsp3) is 0.400. The highest BCUT2D eigenvalue weighted by Gasteiger charge is 2.12. The third-order valence-corrected chi connectivity index (χ3v) is 2.96. The largest absolute Gasteiger partial charge is 0.477 e. The molecule has 0 radical (unpaired) electrons. The number of carbonyl (C=O) groups excluding carboxylic acids is 1. The van der Waals surface area contributed by atoms with Gasteiger partial charge in [0.25, 0.3) is 5.91 Å². The second-order valence-electron chi connectivity index (χ2n) is 3.53. The summed E-state index contributed by atoms with van der Waals surface area (Å²) in [6.45, 7) is 1.30. The molecule has 0 unspecified atom stereocenters. The van der Waals surface area contributed by atoms with Crippen molar-refractivity contribution in [3.63, 3.8) is 0 Å². The van der Waals surface area contributed by atoms with Crippen molar-refractivity contribution in [3.8, 4) is 0 Å². The van der Waals surface area contributed by atoms with Crippen molar-refractivity contribution in [2.24, 2.45) is 0 Å². The van der Waals surface area contributed by atoms with Gasteiger partial charge in [-0.05, 0) is 26.2 Å². The van der Waals surface area contributed by atoms with Crippen molar-refractivity contribution in [3.05, 3.63) is 21.9 Å². The predicted octanol–water partition coefficient (Wildman–Crippen LogP) is 0.738. The maximum atomic E-state index is 11.5. The Kier molecular flexibility index (Phi) is 4.45. The fourth-order valence-electron chi connectivity index (χ4n) is 1.06. The lowest BCUT2D eigenvalue weighted by atomic mass is 10.4. The lowest BCUT2D eigenvalue weighted by Crippen LogP contribution is -2.30. The van der Waals surface area contributed by atoms with Crippen LogP contribution in [0.4, 0.5) is 0 Å². The topological polar surface area (TPSA) is 69.6 Å². The number of nitrogens with one attached hydrogen (secondary N) is 1. The minimum atomic E-state index is -1.00. The number of hydrogen-bond donors (Lipinski definition) is 2. The third-order valence-electron chi connectivity index (χ3n) is 1.89. The molecule has 0 aliphatic rings. The van der Waals surface area contributed by atoms with Crippen LogP contribution in [-0.4, -0.2) is 49.1 Å². The van der Waals surface area contributed by atoms with E-state index in [-0.39, 0.29) is 10.8 Å². The van der Waals surface area contributed by atoms with Gasteiger partial charge in [0, 0.05) is 13.1 Å². The maximum absolute atomic E-state index is 11.5. The molecular formula is C10H14N2O3S. The Balaban J connectivity index is 2.50. The number of nitrogens with zero attached hydrogens (tertiary/aromatic N) is 1. The van der Waals surface area contributed by atoms with E-state index in [0.717, 1.165) is 17.9 Å². The molecule has 0 fully saturated rings. The van der Waals surface area contributed by atoms with Crippen molar-refractivity contribution in [2.45, 2.75) is 0 Å². The van der Waals surface area contributed by atoms with Gasteiger partial charge in [-0.2, -0.15) is 0 Å². The number of amides is 1. The number of aromatic carboxylic acids is 1. The van der Waals surface area contributed by atoms with Crippen molar-refractivity contribution in [1.29, 1.82) is 0 Å². The summed E-state index contributed by atoms with van der Waals surface area (Å²) in [7, 11) is 3.83. The Morgan fingerprint density at radius 2 is 2.00 bits per heavy atom. The quantitative estimate of drug-likeness (QED) is 0.799. The number of carboxylic acids is 1. The number of likely N-dealkylation sites (N-methyl/N-ethyl adjacent to an activating group) is 1. The fourth-order valence-corrected chi connectivity index (χ4v) is 1.82. The highest BCUT2D eigenvalue weighted by Crippen LogP contribution is 2.15. The molecule has 0 saturated carbocycles. The van der Waals surface area contributed by atoms with Gasteiger partial charge in [0.2, 0.25) is 0 Å². The van der Waals surface area contributed by atoms with Crippen LogP contribution in [0, 0.1) is 0 Å². The Bertz CT molecular complexity index is 387. The Labute approximate surface area is 97.7 Å². The van der Waals surface area contributed by atoms with E-state index in [0.29, 0.717) is 11.4 Å². The monoisotopic (exact) mass is 242 g/mol. The number of carboxylic acid groups (broad SMARTS) is 1. The second kappa shape index (κ2) is 5.62. The summed E-state index contributed by atoms with van der Waals surface area (Å²) < 4.78 is 0. The Hall–Kier alpha value is -1.40. The van der Waals surface area contributed by atoms with Gasteiger partial charge >= 0.3 is 5.97 Å². The van der Waals surface area contributed by atoms with Crippen LogP contribution in [0.25, 0.3) is 0 Å². The molecule has 1 aromatic rings. The zero-order valence-corrected chi connectivity index (χ0v) is 10.0. The van der Waals surface area contributed by atoms with Crippen LogP contribution >= 0.6 is 11.3 Å². The average Bonchev–Trinajstić information content (AvgIpc) is 2.65. The first-order chi connectivity index (χ1) is 7.50. The van der Waals surface area contributed by atoms with Gasteiger partial charge in [-0.15, -0.1) is 11.3 Å². The number of carbonyl (C=O) groups is 2. The predicted molar refractivity (Wildman–Crippen MR) is 62.2 cm³/mol. The summed E-state index contributed by atoms with van der Waals surface area (Å²) in [6.07, 6.45) is 0. The summed E-state index contributed by atoms with van der Waals surface area (Å²) in [4.78, 5) is 24.7. The van der Waals surface area contributed by atoms with E-state index in [1.807, 2.05) is 19.0 Å². The molecule has 6 heteroatoms. The van der Waals surface area contributed by atoms with Crippen molar-refractivity contribution < 1.29 is 14.7 Å². The van der Waals surface area contributed by atoms with Crippen molar-refractivity contribution in [1.82, 2.24) is 10.2 Å². The summed E-state index contributed by atoms with van der Waals surface area (Å²) in [5, 5.41) is 11.4. The Morgan fingerprint density at radius 3 is 2.50 bits per heavy atom. The highest BCUT2D eigenvalue weighted by atomic mass is 32.1. The molecule has 0 aliphatic carbocycles. The summed E-state index contributed by atoms with van der Waals surface area (Å²) in [6, 6.07) is 2.97. The molecule has 1 rings (SSSR count). The van der Waals surface area contributed by atoms with E-state index in [1.165, 1.54) is 12.1 Å². The van der Waals surface area contributed by atoms with E-state index in [1.54, 1.807) is 0 Å². The number of thiophene rings is 1. The minimum Gasteiger partial charge on any atom is -0.477 e. The normalized spacial score (nSPS) is 10.4. The molecule has 0 atom stereocenters. The minimum absolute atomic E-state index is 0.178. The molecule has 0 bridgehead atoms.